The Kier molecular flexibility index (Phi) is 4.88. The average Bonchev–Trinajstić information content (AvgIpc) is 3.10. The van der Waals surface area contributed by atoms with Gasteiger partial charge in [0.25, 0.3) is 5.91 Å². The monoisotopic (exact) mass is 393 g/mol. The SMILES string of the molecule is Cc1ccc2nc(N(Cc3ccccn3)C(=O)c3ccc(Cl)cc3)sc2c1. The van der Waals surface area contributed by atoms with E-state index in [0.717, 1.165) is 21.5 Å². The Balaban J connectivity index is 1.76. The molecule has 27 heavy (non-hydrogen) atoms. The molecule has 134 valence electrons. The smallest absolute Gasteiger partial charge is 0.260 e. The second kappa shape index (κ2) is 7.47. The number of thiazole rings is 1. The number of amides is 1. The van der Waals surface area contributed by atoms with Gasteiger partial charge in [-0.3, -0.25) is 14.7 Å². The lowest BCUT2D eigenvalue weighted by Crippen LogP contribution is -2.30. The van der Waals surface area contributed by atoms with Crippen LogP contribution in [-0.4, -0.2) is 15.9 Å². The number of fused-ring (bicyclic) bond motifs is 1. The molecule has 0 unspecified atom stereocenters. The molecule has 1 amide bonds. The third-order valence-electron chi connectivity index (χ3n) is 4.15. The summed E-state index contributed by atoms with van der Waals surface area (Å²) in [7, 11) is 0. The summed E-state index contributed by atoms with van der Waals surface area (Å²) in [6.07, 6.45) is 1.72. The van der Waals surface area contributed by atoms with E-state index in [9.17, 15) is 4.79 Å². The molecule has 0 aliphatic rings. The molecule has 0 spiro atoms. The van der Waals surface area contributed by atoms with Gasteiger partial charge in [0.1, 0.15) is 0 Å². The van der Waals surface area contributed by atoms with Crippen molar-refractivity contribution in [3.05, 3.63) is 88.7 Å². The van der Waals surface area contributed by atoms with Gasteiger partial charge in [-0.25, -0.2) is 4.98 Å². The summed E-state index contributed by atoms with van der Waals surface area (Å²) in [5.41, 5.74) is 3.41. The fourth-order valence-electron chi connectivity index (χ4n) is 2.76. The summed E-state index contributed by atoms with van der Waals surface area (Å²) in [5.74, 6) is -0.131. The van der Waals surface area contributed by atoms with Crippen molar-refractivity contribution in [1.29, 1.82) is 0 Å². The topological polar surface area (TPSA) is 46.1 Å². The molecule has 0 saturated heterocycles. The first-order valence-electron chi connectivity index (χ1n) is 8.45. The summed E-state index contributed by atoms with van der Waals surface area (Å²) in [6.45, 7) is 2.39. The highest BCUT2D eigenvalue weighted by molar-refractivity contribution is 7.22. The minimum Gasteiger partial charge on any atom is -0.278 e. The van der Waals surface area contributed by atoms with Crippen LogP contribution >= 0.6 is 22.9 Å². The number of hydrogen-bond donors (Lipinski definition) is 0. The Morgan fingerprint density at radius 3 is 2.67 bits per heavy atom. The van der Waals surface area contributed by atoms with Gasteiger partial charge in [0.2, 0.25) is 0 Å². The van der Waals surface area contributed by atoms with Crippen LogP contribution in [0.2, 0.25) is 5.02 Å². The van der Waals surface area contributed by atoms with Crippen molar-refractivity contribution in [3.8, 4) is 0 Å². The number of halogens is 1. The van der Waals surface area contributed by atoms with Crippen LogP contribution in [0.5, 0.6) is 0 Å². The summed E-state index contributed by atoms with van der Waals surface area (Å²) < 4.78 is 1.06. The maximum atomic E-state index is 13.2. The van der Waals surface area contributed by atoms with E-state index in [2.05, 4.69) is 16.0 Å². The van der Waals surface area contributed by atoms with Crippen LogP contribution in [-0.2, 0) is 6.54 Å². The molecule has 2 aromatic heterocycles. The molecule has 6 heteroatoms. The average molecular weight is 394 g/mol. The molecule has 0 N–H and O–H groups in total. The van der Waals surface area contributed by atoms with Crippen molar-refractivity contribution in [2.45, 2.75) is 13.5 Å². The van der Waals surface area contributed by atoms with Gasteiger partial charge < -0.3 is 0 Å². The summed E-state index contributed by atoms with van der Waals surface area (Å²) in [6, 6.07) is 18.7. The fraction of sp³-hybridized carbons (Fsp3) is 0.0952. The van der Waals surface area contributed by atoms with E-state index in [1.807, 2.05) is 37.3 Å². The van der Waals surface area contributed by atoms with Crippen LogP contribution in [0.15, 0.2) is 66.9 Å². The van der Waals surface area contributed by atoms with Gasteiger partial charge >= 0.3 is 0 Å². The number of rotatable bonds is 4. The first-order chi connectivity index (χ1) is 13.1. The largest absolute Gasteiger partial charge is 0.278 e. The van der Waals surface area contributed by atoms with Crippen LogP contribution in [0.3, 0.4) is 0 Å². The quantitative estimate of drug-likeness (QED) is 0.460. The highest BCUT2D eigenvalue weighted by atomic mass is 35.5. The molecular formula is C21H16ClN3OS. The predicted octanol–water partition coefficient (Wildman–Crippen LogP) is 5.50. The van der Waals surface area contributed by atoms with Gasteiger partial charge in [0.05, 0.1) is 22.5 Å². The van der Waals surface area contributed by atoms with Crippen molar-refractivity contribution in [1.82, 2.24) is 9.97 Å². The highest BCUT2D eigenvalue weighted by Crippen LogP contribution is 2.31. The Bertz CT molecular complexity index is 1090. The molecule has 0 saturated carbocycles. The highest BCUT2D eigenvalue weighted by Gasteiger charge is 2.22. The van der Waals surface area contributed by atoms with E-state index in [1.54, 1.807) is 35.4 Å². The molecule has 0 radical (unpaired) electrons. The van der Waals surface area contributed by atoms with Crippen molar-refractivity contribution < 1.29 is 4.79 Å². The Hall–Kier alpha value is -2.76. The van der Waals surface area contributed by atoms with Crippen LogP contribution in [0, 0.1) is 6.92 Å². The molecule has 0 fully saturated rings. The normalized spacial score (nSPS) is 10.9. The molecule has 4 aromatic rings. The van der Waals surface area contributed by atoms with E-state index >= 15 is 0 Å². The van der Waals surface area contributed by atoms with Crippen LogP contribution < -0.4 is 4.90 Å². The number of carbonyl (C=O) groups excluding carboxylic acids is 1. The minimum absolute atomic E-state index is 0.131. The van der Waals surface area contributed by atoms with Gasteiger partial charge in [0.15, 0.2) is 5.13 Å². The first kappa shape index (κ1) is 17.6. The summed E-state index contributed by atoms with van der Waals surface area (Å²) in [5, 5.41) is 1.25. The van der Waals surface area contributed by atoms with Gasteiger partial charge in [-0.2, -0.15) is 0 Å². The molecule has 2 aromatic carbocycles. The third-order valence-corrected chi connectivity index (χ3v) is 5.44. The maximum absolute atomic E-state index is 13.2. The second-order valence-electron chi connectivity index (χ2n) is 6.19. The van der Waals surface area contributed by atoms with Crippen LogP contribution in [0.4, 0.5) is 5.13 Å². The number of aryl methyl sites for hydroxylation is 1. The standard InChI is InChI=1S/C21H16ClN3OS/c1-14-5-10-18-19(12-14)27-21(24-18)25(13-17-4-2-3-11-23-17)20(26)15-6-8-16(22)9-7-15/h2-12H,13H2,1H3. The zero-order chi connectivity index (χ0) is 18.8. The Labute approximate surface area is 166 Å². The molecular weight excluding hydrogens is 378 g/mol. The fourth-order valence-corrected chi connectivity index (χ4v) is 3.95. The summed E-state index contributed by atoms with van der Waals surface area (Å²) in [4.78, 5) is 23.9. The lowest BCUT2D eigenvalue weighted by atomic mass is 10.2. The van der Waals surface area contributed by atoms with Crippen molar-refractivity contribution in [2.75, 3.05) is 4.90 Å². The minimum atomic E-state index is -0.131. The number of carbonyl (C=O) groups is 1. The lowest BCUT2D eigenvalue weighted by Gasteiger charge is -2.19. The van der Waals surface area contributed by atoms with Gasteiger partial charge in [-0.15, -0.1) is 0 Å². The molecule has 4 rings (SSSR count). The van der Waals surface area contributed by atoms with E-state index < -0.39 is 0 Å². The van der Waals surface area contributed by atoms with Crippen LogP contribution in [0.1, 0.15) is 21.6 Å². The van der Waals surface area contributed by atoms with Crippen molar-refractivity contribution >= 4 is 44.2 Å². The second-order valence-corrected chi connectivity index (χ2v) is 7.63. The van der Waals surface area contributed by atoms with E-state index in [4.69, 9.17) is 11.6 Å². The van der Waals surface area contributed by atoms with E-state index in [-0.39, 0.29) is 5.91 Å². The number of anilines is 1. The number of benzene rings is 2. The zero-order valence-corrected chi connectivity index (χ0v) is 16.2. The third kappa shape index (κ3) is 3.84. The predicted molar refractivity (Wildman–Crippen MR) is 111 cm³/mol. The molecule has 0 aliphatic carbocycles. The van der Waals surface area contributed by atoms with E-state index in [0.29, 0.717) is 22.3 Å². The van der Waals surface area contributed by atoms with Gasteiger partial charge in [-0.05, 0) is 61.0 Å². The van der Waals surface area contributed by atoms with Gasteiger partial charge in [0, 0.05) is 16.8 Å². The molecule has 0 atom stereocenters. The number of pyridine rings is 1. The summed E-state index contributed by atoms with van der Waals surface area (Å²) >= 11 is 7.47. The zero-order valence-electron chi connectivity index (χ0n) is 14.6. The van der Waals surface area contributed by atoms with Gasteiger partial charge in [-0.1, -0.05) is 35.1 Å². The van der Waals surface area contributed by atoms with Crippen molar-refractivity contribution in [3.63, 3.8) is 0 Å². The molecule has 0 bridgehead atoms. The first-order valence-corrected chi connectivity index (χ1v) is 9.64. The maximum Gasteiger partial charge on any atom is 0.260 e. The molecule has 4 nitrogen and oxygen atoms in total. The number of aromatic nitrogens is 2. The lowest BCUT2D eigenvalue weighted by molar-refractivity contribution is 0.0985. The Morgan fingerprint density at radius 2 is 1.93 bits per heavy atom. The molecule has 2 heterocycles. The van der Waals surface area contributed by atoms with E-state index in [1.165, 1.54) is 11.3 Å². The number of hydrogen-bond acceptors (Lipinski definition) is 4. The Morgan fingerprint density at radius 1 is 1.11 bits per heavy atom. The molecule has 0 aliphatic heterocycles. The van der Waals surface area contributed by atoms with Crippen molar-refractivity contribution in [2.24, 2.45) is 0 Å². The van der Waals surface area contributed by atoms with Crippen LogP contribution in [0.25, 0.3) is 10.2 Å². The number of nitrogens with zero attached hydrogens (tertiary/aromatic N) is 3.